The van der Waals surface area contributed by atoms with Crippen molar-refractivity contribution in [1.29, 1.82) is 0 Å². The van der Waals surface area contributed by atoms with Gasteiger partial charge in [0.05, 0.1) is 0 Å². The molecule has 2 atom stereocenters. The number of carbonyl (C=O) groups is 2. The highest BCUT2D eigenvalue weighted by atomic mass is 32.2. The van der Waals surface area contributed by atoms with Gasteiger partial charge >= 0.3 is 6.09 Å². The third-order valence-electron chi connectivity index (χ3n) is 3.73. The molecule has 1 saturated heterocycles. The van der Waals surface area contributed by atoms with Crippen molar-refractivity contribution in [3.63, 3.8) is 0 Å². The average Bonchev–Trinajstić information content (AvgIpc) is 2.93. The van der Waals surface area contributed by atoms with Gasteiger partial charge in [0.25, 0.3) is 0 Å². The van der Waals surface area contributed by atoms with Gasteiger partial charge in [-0.15, -0.1) is 0 Å². The largest absolute Gasteiger partial charge is 0.445 e. The molecule has 5 nitrogen and oxygen atoms in total. The Hall–Kier alpha value is -1.82. The van der Waals surface area contributed by atoms with Gasteiger partial charge in [-0.05, 0) is 31.4 Å². The lowest BCUT2D eigenvalue weighted by atomic mass is 10.1. The van der Waals surface area contributed by atoms with Crippen molar-refractivity contribution in [3.8, 4) is 0 Å². The van der Waals surface area contributed by atoms with Crippen LogP contribution >= 0.6 is 11.8 Å². The van der Waals surface area contributed by atoms with Crippen LogP contribution in [0.15, 0.2) is 37.1 Å². The summed E-state index contributed by atoms with van der Waals surface area (Å²) >= 11 is 1.31. The van der Waals surface area contributed by atoms with Gasteiger partial charge in [-0.1, -0.05) is 30.5 Å². The normalized spacial score (nSPS) is 20.3. The van der Waals surface area contributed by atoms with Gasteiger partial charge < -0.3 is 9.64 Å². The number of aryl methyl sites for hydroxylation is 1. The third-order valence-corrected chi connectivity index (χ3v) is 4.73. The monoisotopic (exact) mass is 334 g/mol. The van der Waals surface area contributed by atoms with Crippen LogP contribution < -0.4 is 0 Å². The molecule has 6 heteroatoms. The van der Waals surface area contributed by atoms with E-state index in [-0.39, 0.29) is 29.1 Å². The number of ether oxygens (including phenoxy) is 1. The Kier molecular flexibility index (Phi) is 6.65. The summed E-state index contributed by atoms with van der Waals surface area (Å²) in [7, 11) is 0. The molecule has 0 spiro atoms. The van der Waals surface area contributed by atoms with Gasteiger partial charge in [-0.25, -0.2) is 4.79 Å². The second-order valence-electron chi connectivity index (χ2n) is 5.50. The predicted octanol–water partition coefficient (Wildman–Crippen LogP) is 3.06. The second-order valence-corrected chi connectivity index (χ2v) is 6.98. The van der Waals surface area contributed by atoms with Crippen molar-refractivity contribution >= 4 is 23.0 Å². The Morgan fingerprint density at radius 1 is 1.52 bits per heavy atom. The van der Waals surface area contributed by atoms with Crippen LogP contribution in [0.25, 0.3) is 0 Å². The lowest BCUT2D eigenvalue weighted by molar-refractivity contribution is -0.109. The first-order valence-corrected chi connectivity index (χ1v) is 8.59. The van der Waals surface area contributed by atoms with Gasteiger partial charge in [0.15, 0.2) is 5.12 Å². The van der Waals surface area contributed by atoms with E-state index in [0.29, 0.717) is 6.54 Å². The molecular weight excluding hydrogens is 312 g/mol. The van der Waals surface area contributed by atoms with E-state index in [9.17, 15) is 9.59 Å². The maximum Gasteiger partial charge on any atom is 0.410 e. The van der Waals surface area contributed by atoms with Crippen molar-refractivity contribution in [1.82, 2.24) is 9.88 Å². The van der Waals surface area contributed by atoms with E-state index in [4.69, 9.17) is 4.74 Å². The zero-order valence-electron chi connectivity index (χ0n) is 13.3. The minimum Gasteiger partial charge on any atom is -0.445 e. The Balaban J connectivity index is 1.98. The Morgan fingerprint density at radius 3 is 3.00 bits per heavy atom. The highest BCUT2D eigenvalue weighted by Crippen LogP contribution is 2.30. The standard InChI is InChI=1S/C17H22N2O3S/c1-3-10-22-17(21)19-12-16(23-13(2)20)11-15(19)8-7-14-6-4-5-9-18-14/h3-6,9,15-16H,1,7-8,10-12H2,2H3/t15-,16+/m1/s1. The van der Waals surface area contributed by atoms with E-state index in [0.717, 1.165) is 25.0 Å². The molecule has 1 aliphatic rings. The molecule has 1 aromatic rings. The van der Waals surface area contributed by atoms with E-state index < -0.39 is 0 Å². The predicted molar refractivity (Wildman–Crippen MR) is 91.3 cm³/mol. The summed E-state index contributed by atoms with van der Waals surface area (Å²) in [6, 6.07) is 5.90. The zero-order chi connectivity index (χ0) is 16.7. The van der Waals surface area contributed by atoms with E-state index in [1.54, 1.807) is 24.1 Å². The van der Waals surface area contributed by atoms with E-state index >= 15 is 0 Å². The molecule has 1 aliphatic heterocycles. The molecule has 124 valence electrons. The maximum atomic E-state index is 12.2. The number of rotatable bonds is 6. The molecule has 0 N–H and O–H groups in total. The van der Waals surface area contributed by atoms with Crippen LogP contribution in [0.3, 0.4) is 0 Å². The number of aromatic nitrogens is 1. The molecule has 1 aromatic heterocycles. The van der Waals surface area contributed by atoms with E-state index in [1.807, 2.05) is 18.2 Å². The summed E-state index contributed by atoms with van der Waals surface area (Å²) in [6.07, 6.45) is 5.42. The third kappa shape index (κ3) is 5.39. The van der Waals surface area contributed by atoms with Crippen LogP contribution in [0, 0.1) is 0 Å². The molecule has 2 heterocycles. The van der Waals surface area contributed by atoms with Gasteiger partial charge in [0.1, 0.15) is 6.61 Å². The van der Waals surface area contributed by atoms with Crippen molar-refractivity contribution in [2.45, 2.75) is 37.5 Å². The van der Waals surface area contributed by atoms with Crippen LogP contribution in [-0.2, 0) is 16.0 Å². The molecule has 0 bridgehead atoms. The average molecular weight is 334 g/mol. The van der Waals surface area contributed by atoms with Crippen LogP contribution in [0.2, 0.25) is 0 Å². The molecule has 1 fully saturated rings. The molecule has 0 unspecified atom stereocenters. The fourth-order valence-corrected chi connectivity index (χ4v) is 3.79. The summed E-state index contributed by atoms with van der Waals surface area (Å²) in [5.74, 6) is 0. The molecule has 0 aliphatic carbocycles. The Labute approximate surface area is 141 Å². The van der Waals surface area contributed by atoms with Crippen LogP contribution in [0.5, 0.6) is 0 Å². The van der Waals surface area contributed by atoms with Crippen LogP contribution in [-0.4, -0.2) is 45.5 Å². The summed E-state index contributed by atoms with van der Waals surface area (Å²) < 4.78 is 5.17. The van der Waals surface area contributed by atoms with Crippen LogP contribution in [0.1, 0.15) is 25.5 Å². The number of thioether (sulfide) groups is 1. The smallest absolute Gasteiger partial charge is 0.410 e. The highest BCUT2D eigenvalue weighted by molar-refractivity contribution is 8.14. The number of likely N-dealkylation sites (tertiary alicyclic amines) is 1. The lowest BCUT2D eigenvalue weighted by Crippen LogP contribution is -2.36. The Bertz CT molecular complexity index is 550. The first kappa shape index (κ1) is 17.5. The molecule has 0 saturated carbocycles. The van der Waals surface area contributed by atoms with Crippen molar-refractivity contribution in [2.24, 2.45) is 0 Å². The number of carbonyl (C=O) groups excluding carboxylic acids is 2. The van der Waals surface area contributed by atoms with Crippen molar-refractivity contribution in [2.75, 3.05) is 13.2 Å². The quantitative estimate of drug-likeness (QED) is 0.748. The fourth-order valence-electron chi connectivity index (χ4n) is 2.76. The SMILES string of the molecule is C=CCOC(=O)N1C[C@@H](SC(C)=O)C[C@H]1CCc1ccccn1. The fraction of sp³-hybridized carbons (Fsp3) is 0.471. The molecule has 2 rings (SSSR count). The summed E-state index contributed by atoms with van der Waals surface area (Å²) in [5, 5.41) is 0.220. The Morgan fingerprint density at radius 2 is 2.35 bits per heavy atom. The first-order chi connectivity index (χ1) is 11.1. The molecule has 1 amide bonds. The van der Waals surface area contributed by atoms with E-state index in [1.165, 1.54) is 11.8 Å². The summed E-state index contributed by atoms with van der Waals surface area (Å²) in [4.78, 5) is 29.6. The maximum absolute atomic E-state index is 12.2. The summed E-state index contributed by atoms with van der Waals surface area (Å²) in [5.41, 5.74) is 1.01. The van der Waals surface area contributed by atoms with Crippen molar-refractivity contribution in [3.05, 3.63) is 42.7 Å². The van der Waals surface area contributed by atoms with Gasteiger partial charge in [0, 0.05) is 36.7 Å². The first-order valence-electron chi connectivity index (χ1n) is 7.71. The van der Waals surface area contributed by atoms with Crippen molar-refractivity contribution < 1.29 is 14.3 Å². The summed E-state index contributed by atoms with van der Waals surface area (Å²) in [6.45, 7) is 5.87. The number of nitrogens with zero attached hydrogens (tertiary/aromatic N) is 2. The molecule has 0 aromatic carbocycles. The number of pyridine rings is 1. The number of hydrogen-bond donors (Lipinski definition) is 0. The number of amides is 1. The van der Waals surface area contributed by atoms with Crippen LogP contribution in [0.4, 0.5) is 4.79 Å². The topological polar surface area (TPSA) is 59.5 Å². The molecule has 23 heavy (non-hydrogen) atoms. The van der Waals surface area contributed by atoms with Gasteiger partial charge in [-0.3, -0.25) is 9.78 Å². The highest BCUT2D eigenvalue weighted by Gasteiger charge is 2.36. The lowest BCUT2D eigenvalue weighted by Gasteiger charge is -2.23. The van der Waals surface area contributed by atoms with Gasteiger partial charge in [0.2, 0.25) is 0 Å². The molecule has 0 radical (unpaired) electrons. The minimum absolute atomic E-state index is 0.0752. The number of hydrogen-bond acceptors (Lipinski definition) is 5. The zero-order valence-corrected chi connectivity index (χ0v) is 14.1. The van der Waals surface area contributed by atoms with Gasteiger partial charge in [-0.2, -0.15) is 0 Å². The molecular formula is C17H22N2O3S. The van der Waals surface area contributed by atoms with E-state index in [2.05, 4.69) is 11.6 Å². The second kappa shape index (κ2) is 8.72. The minimum atomic E-state index is -0.331.